The Kier molecular flexibility index (Phi) is 3.14. The molecule has 0 amide bonds. The fraction of sp³-hybridized carbons (Fsp3) is 0. The summed E-state index contributed by atoms with van der Waals surface area (Å²) in [6.45, 7) is 0. The molecule has 0 spiro atoms. The van der Waals surface area contributed by atoms with Gasteiger partial charge in [0, 0.05) is 6.07 Å². The average molecular weight is 234 g/mol. The van der Waals surface area contributed by atoms with Crippen LogP contribution in [-0.4, -0.2) is 6.29 Å². The largest absolute Gasteiger partial charge is 0.457 e. The molecule has 0 aliphatic rings. The van der Waals surface area contributed by atoms with E-state index in [0.29, 0.717) is 6.29 Å². The first-order chi connectivity index (χ1) is 8.19. The predicted molar refractivity (Wildman–Crippen MR) is 58.3 cm³/mol. The van der Waals surface area contributed by atoms with Gasteiger partial charge in [0.05, 0.1) is 5.56 Å². The zero-order valence-corrected chi connectivity index (χ0v) is 8.69. The summed E-state index contributed by atoms with van der Waals surface area (Å²) in [5.41, 5.74) is 0.0780. The molecule has 2 rings (SSSR count). The molecule has 0 saturated carbocycles. The number of rotatable bonds is 3. The van der Waals surface area contributed by atoms with Crippen LogP contribution in [0.5, 0.6) is 11.5 Å². The summed E-state index contributed by atoms with van der Waals surface area (Å²) in [5, 5.41) is 0. The number of carbonyl (C=O) groups is 1. The topological polar surface area (TPSA) is 26.3 Å². The van der Waals surface area contributed by atoms with Gasteiger partial charge in [0.1, 0.15) is 23.1 Å². The van der Waals surface area contributed by atoms with Crippen LogP contribution in [-0.2, 0) is 0 Å². The summed E-state index contributed by atoms with van der Waals surface area (Å²) in [7, 11) is 0. The van der Waals surface area contributed by atoms with Crippen LogP contribution < -0.4 is 4.74 Å². The zero-order chi connectivity index (χ0) is 12.3. The van der Waals surface area contributed by atoms with Gasteiger partial charge in [0.25, 0.3) is 0 Å². The van der Waals surface area contributed by atoms with Crippen molar-refractivity contribution < 1.29 is 18.3 Å². The van der Waals surface area contributed by atoms with Gasteiger partial charge < -0.3 is 4.74 Å². The first-order valence-corrected chi connectivity index (χ1v) is 4.87. The van der Waals surface area contributed by atoms with Gasteiger partial charge in [0.2, 0.25) is 0 Å². The highest BCUT2D eigenvalue weighted by molar-refractivity contribution is 5.79. The van der Waals surface area contributed by atoms with Crippen molar-refractivity contribution in [2.75, 3.05) is 0 Å². The fourth-order valence-corrected chi connectivity index (χ4v) is 1.36. The highest BCUT2D eigenvalue weighted by atomic mass is 19.1. The van der Waals surface area contributed by atoms with Gasteiger partial charge in [-0.15, -0.1) is 0 Å². The lowest BCUT2D eigenvalue weighted by atomic mass is 10.2. The van der Waals surface area contributed by atoms with E-state index in [1.165, 1.54) is 30.3 Å². The second-order valence-electron chi connectivity index (χ2n) is 3.36. The van der Waals surface area contributed by atoms with Gasteiger partial charge in [-0.3, -0.25) is 4.79 Å². The highest BCUT2D eigenvalue weighted by Gasteiger charge is 2.06. The molecule has 0 radical (unpaired) electrons. The molecule has 0 N–H and O–H groups in total. The normalized spacial score (nSPS) is 10.0. The van der Waals surface area contributed by atoms with Crippen molar-refractivity contribution in [2.45, 2.75) is 0 Å². The summed E-state index contributed by atoms with van der Waals surface area (Å²) in [6.07, 6.45) is 0.484. The smallest absolute Gasteiger partial charge is 0.153 e. The molecule has 0 aliphatic carbocycles. The molecule has 86 valence electrons. The van der Waals surface area contributed by atoms with Crippen LogP contribution in [0.25, 0.3) is 0 Å². The SMILES string of the molecule is O=Cc1cc(F)ccc1Oc1cccc(F)c1. The van der Waals surface area contributed by atoms with Crippen molar-refractivity contribution in [3.8, 4) is 11.5 Å². The van der Waals surface area contributed by atoms with Crippen molar-refractivity contribution in [1.82, 2.24) is 0 Å². The minimum absolute atomic E-state index is 0.0780. The van der Waals surface area contributed by atoms with E-state index >= 15 is 0 Å². The lowest BCUT2D eigenvalue weighted by Gasteiger charge is -2.07. The van der Waals surface area contributed by atoms with Gasteiger partial charge in [0.15, 0.2) is 6.29 Å². The van der Waals surface area contributed by atoms with E-state index in [9.17, 15) is 13.6 Å². The standard InChI is InChI=1S/C13H8F2O2/c14-10-2-1-3-12(7-10)17-13-5-4-11(15)6-9(13)8-16/h1-8H. The molecule has 17 heavy (non-hydrogen) atoms. The molecule has 2 aromatic carbocycles. The molecule has 0 aromatic heterocycles. The third-order valence-corrected chi connectivity index (χ3v) is 2.12. The third-order valence-electron chi connectivity index (χ3n) is 2.12. The van der Waals surface area contributed by atoms with Crippen LogP contribution in [0.2, 0.25) is 0 Å². The maximum Gasteiger partial charge on any atom is 0.153 e. The van der Waals surface area contributed by atoms with Gasteiger partial charge in [-0.2, -0.15) is 0 Å². The van der Waals surface area contributed by atoms with Crippen LogP contribution in [0.15, 0.2) is 42.5 Å². The van der Waals surface area contributed by atoms with Gasteiger partial charge in [-0.1, -0.05) is 6.07 Å². The molecule has 0 heterocycles. The maximum absolute atomic E-state index is 12.9. The molecule has 0 unspecified atom stereocenters. The van der Waals surface area contributed by atoms with E-state index in [2.05, 4.69) is 0 Å². The van der Waals surface area contributed by atoms with E-state index in [1.807, 2.05) is 0 Å². The van der Waals surface area contributed by atoms with Crippen molar-refractivity contribution in [3.05, 3.63) is 59.7 Å². The lowest BCUT2D eigenvalue weighted by molar-refractivity contribution is 0.112. The van der Waals surface area contributed by atoms with E-state index < -0.39 is 11.6 Å². The number of hydrogen-bond acceptors (Lipinski definition) is 2. The number of ether oxygens (including phenoxy) is 1. The molecular weight excluding hydrogens is 226 g/mol. The van der Waals surface area contributed by atoms with Crippen LogP contribution >= 0.6 is 0 Å². The predicted octanol–water partition coefficient (Wildman–Crippen LogP) is 3.57. The van der Waals surface area contributed by atoms with Crippen molar-refractivity contribution in [1.29, 1.82) is 0 Å². The Hall–Kier alpha value is -2.23. The first kappa shape index (κ1) is 11.3. The summed E-state index contributed by atoms with van der Waals surface area (Å²) < 4.78 is 31.1. The quantitative estimate of drug-likeness (QED) is 0.759. The second-order valence-corrected chi connectivity index (χ2v) is 3.36. The summed E-state index contributed by atoms with van der Waals surface area (Å²) >= 11 is 0. The third kappa shape index (κ3) is 2.66. The molecule has 0 atom stereocenters. The van der Waals surface area contributed by atoms with Gasteiger partial charge >= 0.3 is 0 Å². The van der Waals surface area contributed by atoms with Crippen molar-refractivity contribution in [2.24, 2.45) is 0 Å². The molecule has 0 fully saturated rings. The monoisotopic (exact) mass is 234 g/mol. The van der Waals surface area contributed by atoms with E-state index in [0.717, 1.165) is 6.07 Å². The molecule has 0 bridgehead atoms. The Bertz CT molecular complexity index is 553. The lowest BCUT2D eigenvalue weighted by Crippen LogP contribution is -1.92. The van der Waals surface area contributed by atoms with Crippen LogP contribution in [0.4, 0.5) is 8.78 Å². The van der Waals surface area contributed by atoms with Crippen LogP contribution in [0.1, 0.15) is 10.4 Å². The number of halogens is 2. The Balaban J connectivity index is 2.32. The van der Waals surface area contributed by atoms with E-state index in [4.69, 9.17) is 4.74 Å². The van der Waals surface area contributed by atoms with Crippen LogP contribution in [0, 0.1) is 11.6 Å². The molecule has 0 aliphatic heterocycles. The number of hydrogen-bond donors (Lipinski definition) is 0. The molecule has 4 heteroatoms. The Morgan fingerprint density at radius 2 is 1.76 bits per heavy atom. The van der Waals surface area contributed by atoms with E-state index in [1.54, 1.807) is 6.07 Å². The number of carbonyl (C=O) groups excluding carboxylic acids is 1. The second kappa shape index (κ2) is 4.74. The van der Waals surface area contributed by atoms with E-state index in [-0.39, 0.29) is 17.1 Å². The highest BCUT2D eigenvalue weighted by Crippen LogP contribution is 2.25. The summed E-state index contributed by atoms with van der Waals surface area (Å²) in [4.78, 5) is 10.7. The van der Waals surface area contributed by atoms with Gasteiger partial charge in [-0.25, -0.2) is 8.78 Å². The average Bonchev–Trinajstić information content (AvgIpc) is 2.31. The molecule has 0 saturated heterocycles. The Morgan fingerprint density at radius 3 is 2.47 bits per heavy atom. The minimum Gasteiger partial charge on any atom is -0.457 e. The molecular formula is C13H8F2O2. The van der Waals surface area contributed by atoms with Crippen LogP contribution in [0.3, 0.4) is 0 Å². The van der Waals surface area contributed by atoms with Crippen molar-refractivity contribution in [3.63, 3.8) is 0 Å². The maximum atomic E-state index is 12.9. The number of benzene rings is 2. The molecule has 2 nitrogen and oxygen atoms in total. The van der Waals surface area contributed by atoms with Gasteiger partial charge in [-0.05, 0) is 30.3 Å². The minimum atomic E-state index is -0.529. The summed E-state index contributed by atoms with van der Waals surface area (Å²) in [5.74, 6) is -0.539. The van der Waals surface area contributed by atoms with Crippen molar-refractivity contribution >= 4 is 6.29 Å². The number of aldehydes is 1. The fourth-order valence-electron chi connectivity index (χ4n) is 1.36. The molecule has 2 aromatic rings. The zero-order valence-electron chi connectivity index (χ0n) is 8.69. The Labute approximate surface area is 96.5 Å². The Morgan fingerprint density at radius 1 is 1.00 bits per heavy atom. The summed E-state index contributed by atoms with van der Waals surface area (Å²) in [6, 6.07) is 9.03. The first-order valence-electron chi connectivity index (χ1n) is 4.87.